The first-order chi connectivity index (χ1) is 10.3. The Balaban J connectivity index is 1.80. The Morgan fingerprint density at radius 1 is 1.41 bits per heavy atom. The second kappa shape index (κ2) is 6.64. The van der Waals surface area contributed by atoms with Gasteiger partial charge in [0.15, 0.2) is 0 Å². The number of rotatable bonds is 4. The Kier molecular flexibility index (Phi) is 4.85. The summed E-state index contributed by atoms with van der Waals surface area (Å²) in [7, 11) is 0. The van der Waals surface area contributed by atoms with Gasteiger partial charge in [-0.25, -0.2) is 9.78 Å². The Morgan fingerprint density at radius 2 is 2.18 bits per heavy atom. The van der Waals surface area contributed by atoms with Crippen molar-refractivity contribution in [1.29, 1.82) is 0 Å². The summed E-state index contributed by atoms with van der Waals surface area (Å²) in [4.78, 5) is 19.1. The molecule has 5 nitrogen and oxygen atoms in total. The van der Waals surface area contributed by atoms with Gasteiger partial charge in [-0.15, -0.1) is 0 Å². The highest BCUT2D eigenvalue weighted by atomic mass is 16.6. The molecule has 2 aromatic rings. The topological polar surface area (TPSA) is 67.0 Å². The first kappa shape index (κ1) is 16.1. The molecule has 22 heavy (non-hydrogen) atoms. The minimum atomic E-state index is -0.461. The van der Waals surface area contributed by atoms with Gasteiger partial charge < -0.3 is 15.0 Å². The molecule has 1 amide bonds. The maximum Gasteiger partial charge on any atom is 0.407 e. The summed E-state index contributed by atoms with van der Waals surface area (Å²) in [6.07, 6.45) is 4.43. The Hall–Kier alpha value is -2.30. The number of imidazole rings is 1. The molecular weight excluding hydrogens is 278 g/mol. The van der Waals surface area contributed by atoms with Crippen molar-refractivity contribution in [1.82, 2.24) is 15.3 Å². The number of alkyl carbamates (subject to hydrolysis) is 1. The number of amides is 1. The van der Waals surface area contributed by atoms with E-state index in [9.17, 15) is 4.79 Å². The number of nitrogens with zero attached hydrogens (tertiary/aromatic N) is 1. The normalized spacial score (nSPS) is 12.0. The molecule has 2 rings (SSSR count). The molecule has 0 saturated carbocycles. The molecule has 118 valence electrons. The summed E-state index contributed by atoms with van der Waals surface area (Å²) in [6, 6.07) is 6.09. The van der Waals surface area contributed by atoms with Crippen molar-refractivity contribution >= 4 is 23.2 Å². The molecule has 2 N–H and O–H groups in total. The van der Waals surface area contributed by atoms with Gasteiger partial charge in [0.25, 0.3) is 0 Å². The lowest BCUT2D eigenvalue weighted by molar-refractivity contribution is 0.0529. The van der Waals surface area contributed by atoms with E-state index in [1.165, 1.54) is 0 Å². The van der Waals surface area contributed by atoms with E-state index in [4.69, 9.17) is 4.74 Å². The van der Waals surface area contributed by atoms with Crippen LogP contribution in [0.5, 0.6) is 0 Å². The van der Waals surface area contributed by atoms with Crippen LogP contribution in [0.15, 0.2) is 24.3 Å². The molecule has 0 atom stereocenters. The lowest BCUT2D eigenvalue weighted by atomic mass is 10.2. The third kappa shape index (κ3) is 4.91. The highest BCUT2D eigenvalue weighted by Crippen LogP contribution is 2.14. The molecule has 0 aliphatic rings. The van der Waals surface area contributed by atoms with Gasteiger partial charge in [0, 0.05) is 6.54 Å². The molecule has 1 aromatic carbocycles. The quantitative estimate of drug-likeness (QED) is 0.844. The highest BCUT2D eigenvalue weighted by Gasteiger charge is 2.15. The predicted molar refractivity (Wildman–Crippen MR) is 88.7 cm³/mol. The number of benzene rings is 1. The number of aryl methyl sites for hydroxylation is 1. The van der Waals surface area contributed by atoms with Gasteiger partial charge >= 0.3 is 6.09 Å². The number of aromatic amines is 1. The number of carbonyl (C=O) groups excluding carboxylic acids is 1. The average molecular weight is 301 g/mol. The summed E-state index contributed by atoms with van der Waals surface area (Å²) < 4.78 is 5.17. The molecule has 0 aliphatic carbocycles. The van der Waals surface area contributed by atoms with Crippen molar-refractivity contribution in [2.45, 2.75) is 39.7 Å². The maximum atomic E-state index is 11.5. The molecule has 0 aliphatic heterocycles. The van der Waals surface area contributed by atoms with Gasteiger partial charge in [0.2, 0.25) is 0 Å². The van der Waals surface area contributed by atoms with Gasteiger partial charge in [-0.2, -0.15) is 0 Å². The van der Waals surface area contributed by atoms with Crippen LogP contribution in [0.1, 0.15) is 38.6 Å². The Bertz CT molecular complexity index is 681. The maximum absolute atomic E-state index is 11.5. The van der Waals surface area contributed by atoms with Crippen LogP contribution in [-0.2, 0) is 4.74 Å². The molecule has 0 saturated heterocycles. The molecule has 0 unspecified atom stereocenters. The van der Waals surface area contributed by atoms with E-state index in [0.29, 0.717) is 6.54 Å². The first-order valence-corrected chi connectivity index (χ1v) is 7.43. The van der Waals surface area contributed by atoms with Crippen molar-refractivity contribution in [3.8, 4) is 0 Å². The van der Waals surface area contributed by atoms with E-state index in [-0.39, 0.29) is 6.09 Å². The monoisotopic (exact) mass is 301 g/mol. The van der Waals surface area contributed by atoms with Crippen LogP contribution in [-0.4, -0.2) is 28.2 Å². The lowest BCUT2D eigenvalue weighted by Gasteiger charge is -2.19. The third-order valence-corrected chi connectivity index (χ3v) is 2.91. The second-order valence-electron chi connectivity index (χ2n) is 6.22. The minimum absolute atomic E-state index is 0.379. The van der Waals surface area contributed by atoms with Crippen LogP contribution in [0.3, 0.4) is 0 Å². The van der Waals surface area contributed by atoms with Crippen LogP contribution < -0.4 is 5.32 Å². The summed E-state index contributed by atoms with van der Waals surface area (Å²) >= 11 is 0. The first-order valence-electron chi connectivity index (χ1n) is 7.43. The van der Waals surface area contributed by atoms with Crippen molar-refractivity contribution < 1.29 is 9.53 Å². The number of carbonyl (C=O) groups is 1. The number of H-pyrrole nitrogens is 1. The van der Waals surface area contributed by atoms with E-state index in [1.807, 2.05) is 52.0 Å². The van der Waals surface area contributed by atoms with E-state index in [1.54, 1.807) is 0 Å². The van der Waals surface area contributed by atoms with Crippen molar-refractivity contribution in [3.05, 3.63) is 35.7 Å². The standard InChI is InChI=1S/C17H23N3O2/c1-12-19-14-9-8-13(11-15(14)20-12)7-5-6-10-18-16(21)22-17(2,3)4/h5,7-9,11H,6,10H2,1-4H3,(H,18,21)(H,19,20). The highest BCUT2D eigenvalue weighted by molar-refractivity contribution is 5.78. The zero-order chi connectivity index (χ0) is 16.2. The van der Waals surface area contributed by atoms with Crippen LogP contribution in [0, 0.1) is 6.92 Å². The molecule has 1 aromatic heterocycles. The van der Waals surface area contributed by atoms with Gasteiger partial charge in [-0.1, -0.05) is 18.2 Å². The summed E-state index contributed by atoms with van der Waals surface area (Å²) in [5.41, 5.74) is 2.65. The van der Waals surface area contributed by atoms with E-state index < -0.39 is 5.60 Å². The molecule has 1 heterocycles. The lowest BCUT2D eigenvalue weighted by Crippen LogP contribution is -2.32. The number of hydrogen-bond donors (Lipinski definition) is 2. The molecule has 0 fully saturated rings. The van der Waals surface area contributed by atoms with Crippen LogP contribution >= 0.6 is 0 Å². The van der Waals surface area contributed by atoms with Gasteiger partial charge in [-0.05, 0) is 51.8 Å². The fourth-order valence-electron chi connectivity index (χ4n) is 2.05. The zero-order valence-electron chi connectivity index (χ0n) is 13.6. The van der Waals surface area contributed by atoms with E-state index >= 15 is 0 Å². The number of hydrogen-bond acceptors (Lipinski definition) is 3. The van der Waals surface area contributed by atoms with Gasteiger partial charge in [0.1, 0.15) is 11.4 Å². The Morgan fingerprint density at radius 3 is 2.91 bits per heavy atom. The second-order valence-corrected chi connectivity index (χ2v) is 6.22. The SMILES string of the molecule is Cc1nc2ccc(C=CCCNC(=O)OC(C)(C)C)cc2[nH]1. The molecule has 0 radical (unpaired) electrons. The molecular formula is C17H23N3O2. The predicted octanol–water partition coefficient (Wildman–Crippen LogP) is 3.80. The van der Waals surface area contributed by atoms with Crippen LogP contribution in [0.25, 0.3) is 17.1 Å². The average Bonchev–Trinajstić information content (AvgIpc) is 2.75. The molecule has 0 bridgehead atoms. The number of aromatic nitrogens is 2. The Labute approximate surface area is 130 Å². The summed E-state index contributed by atoms with van der Waals surface area (Å²) in [5.74, 6) is 0.915. The molecule has 5 heteroatoms. The fourth-order valence-corrected chi connectivity index (χ4v) is 2.05. The minimum Gasteiger partial charge on any atom is -0.444 e. The zero-order valence-corrected chi connectivity index (χ0v) is 13.6. The van der Waals surface area contributed by atoms with Crippen LogP contribution in [0.4, 0.5) is 4.79 Å². The van der Waals surface area contributed by atoms with E-state index in [0.717, 1.165) is 28.8 Å². The van der Waals surface area contributed by atoms with Gasteiger partial charge in [0.05, 0.1) is 11.0 Å². The summed E-state index contributed by atoms with van der Waals surface area (Å²) in [5, 5.41) is 2.73. The number of nitrogens with one attached hydrogen (secondary N) is 2. The van der Waals surface area contributed by atoms with Crippen molar-refractivity contribution in [2.75, 3.05) is 6.54 Å². The van der Waals surface area contributed by atoms with Gasteiger partial charge in [-0.3, -0.25) is 0 Å². The summed E-state index contributed by atoms with van der Waals surface area (Å²) in [6.45, 7) is 8.04. The largest absolute Gasteiger partial charge is 0.444 e. The smallest absolute Gasteiger partial charge is 0.407 e. The molecule has 0 spiro atoms. The fraction of sp³-hybridized carbons (Fsp3) is 0.412. The van der Waals surface area contributed by atoms with Crippen LogP contribution in [0.2, 0.25) is 0 Å². The van der Waals surface area contributed by atoms with E-state index in [2.05, 4.69) is 21.4 Å². The van der Waals surface area contributed by atoms with Crippen molar-refractivity contribution in [3.63, 3.8) is 0 Å². The number of ether oxygens (including phenoxy) is 1. The number of fused-ring (bicyclic) bond motifs is 1. The third-order valence-electron chi connectivity index (χ3n) is 2.91. The van der Waals surface area contributed by atoms with Crippen molar-refractivity contribution in [2.24, 2.45) is 0 Å².